The molecule has 3 N–H and O–H groups in total. The van der Waals surface area contributed by atoms with Crippen LogP contribution >= 0.6 is 11.8 Å². The molecule has 0 radical (unpaired) electrons. The van der Waals surface area contributed by atoms with Crippen LogP contribution in [-0.2, 0) is 14.8 Å². The van der Waals surface area contributed by atoms with Gasteiger partial charge in [0.05, 0.1) is 11.1 Å². The maximum Gasteiger partial charge on any atom is 0.240 e. The monoisotopic (exact) mass is 443 g/mol. The van der Waals surface area contributed by atoms with Crippen LogP contribution in [0.25, 0.3) is 11.3 Å². The number of carbonyl (C=O) groups excluding carboxylic acids is 1. The Morgan fingerprint density at radius 3 is 2.47 bits per heavy atom. The summed E-state index contributed by atoms with van der Waals surface area (Å²) >= 11 is 1.61. The van der Waals surface area contributed by atoms with Gasteiger partial charge < -0.3 is 4.42 Å². The molecule has 0 aliphatic rings. The van der Waals surface area contributed by atoms with E-state index in [9.17, 15) is 13.2 Å². The molecule has 30 heavy (non-hydrogen) atoms. The van der Waals surface area contributed by atoms with E-state index < -0.39 is 10.0 Å². The van der Waals surface area contributed by atoms with Crippen molar-refractivity contribution >= 4 is 33.9 Å². The lowest BCUT2D eigenvalue weighted by Crippen LogP contribution is -2.17. The van der Waals surface area contributed by atoms with Crippen molar-refractivity contribution in [2.45, 2.75) is 23.1 Å². The fourth-order valence-electron chi connectivity index (χ4n) is 2.51. The Morgan fingerprint density at radius 1 is 1.10 bits per heavy atom. The number of carbonyl (C=O) groups is 1. The molecule has 0 aliphatic heterocycles. The van der Waals surface area contributed by atoms with Crippen LogP contribution in [0.5, 0.6) is 0 Å². The topological polar surface area (TPSA) is 115 Å². The van der Waals surface area contributed by atoms with E-state index in [1.54, 1.807) is 36.0 Å². The standard InChI is InChI=1S/C21H21N3O4S2/c1-15-2-7-18(8-3-15)29-13-12-21(25)24-23-14-17-6-11-20(28-17)16-4-9-19(10-5-16)30(22,26)27/h2-11,14H,12-13H2,1H3,(H,24,25)(H2,22,26,27). The number of hydrogen-bond acceptors (Lipinski definition) is 6. The molecule has 156 valence electrons. The number of nitrogens with zero attached hydrogens (tertiary/aromatic N) is 1. The highest BCUT2D eigenvalue weighted by Crippen LogP contribution is 2.23. The summed E-state index contributed by atoms with van der Waals surface area (Å²) in [5.41, 5.74) is 4.37. The van der Waals surface area contributed by atoms with E-state index in [0.717, 1.165) is 4.90 Å². The van der Waals surface area contributed by atoms with Crippen molar-refractivity contribution in [3.63, 3.8) is 0 Å². The summed E-state index contributed by atoms with van der Waals surface area (Å²) in [5.74, 6) is 1.47. The van der Waals surface area contributed by atoms with Gasteiger partial charge >= 0.3 is 0 Å². The molecular formula is C21H21N3O4S2. The van der Waals surface area contributed by atoms with Crippen molar-refractivity contribution in [1.82, 2.24) is 5.43 Å². The van der Waals surface area contributed by atoms with Crippen molar-refractivity contribution in [1.29, 1.82) is 0 Å². The van der Waals surface area contributed by atoms with E-state index in [2.05, 4.69) is 10.5 Å². The second-order valence-corrected chi connectivity index (χ2v) is 9.21. The average Bonchev–Trinajstić information content (AvgIpc) is 3.18. The molecule has 2 aromatic carbocycles. The van der Waals surface area contributed by atoms with Crippen LogP contribution < -0.4 is 10.6 Å². The predicted octanol–water partition coefficient (Wildman–Crippen LogP) is 3.53. The summed E-state index contributed by atoms with van der Waals surface area (Å²) in [6, 6.07) is 17.6. The third-order valence-corrected chi connectivity index (χ3v) is 6.04. The van der Waals surface area contributed by atoms with Gasteiger partial charge in [0.1, 0.15) is 11.5 Å². The molecule has 0 atom stereocenters. The number of thioether (sulfide) groups is 1. The summed E-state index contributed by atoms with van der Waals surface area (Å²) < 4.78 is 28.3. The van der Waals surface area contributed by atoms with Gasteiger partial charge in [0, 0.05) is 22.6 Å². The molecule has 0 bridgehead atoms. The van der Waals surface area contributed by atoms with Crippen LogP contribution in [0.1, 0.15) is 17.7 Å². The normalized spacial score (nSPS) is 11.7. The minimum absolute atomic E-state index is 0.0304. The van der Waals surface area contributed by atoms with Gasteiger partial charge in [0.25, 0.3) is 0 Å². The smallest absolute Gasteiger partial charge is 0.240 e. The fourth-order valence-corrected chi connectivity index (χ4v) is 3.87. The number of sulfonamides is 1. The van der Waals surface area contributed by atoms with Gasteiger partial charge in [-0.05, 0) is 55.5 Å². The Morgan fingerprint density at radius 2 is 1.80 bits per heavy atom. The van der Waals surface area contributed by atoms with Crippen molar-refractivity contribution in [2.24, 2.45) is 10.2 Å². The number of rotatable bonds is 8. The number of nitrogens with one attached hydrogen (secondary N) is 1. The SMILES string of the molecule is Cc1ccc(SCCC(=O)NN=Cc2ccc(-c3ccc(S(N)(=O)=O)cc3)o2)cc1. The van der Waals surface area contributed by atoms with E-state index in [1.165, 1.54) is 23.9 Å². The minimum Gasteiger partial charge on any atom is -0.455 e. The number of nitrogens with two attached hydrogens (primary N) is 1. The van der Waals surface area contributed by atoms with Gasteiger partial charge in [-0.3, -0.25) is 4.79 Å². The number of benzene rings is 2. The maximum absolute atomic E-state index is 11.9. The first-order valence-electron chi connectivity index (χ1n) is 9.06. The summed E-state index contributed by atoms with van der Waals surface area (Å²) in [7, 11) is -3.73. The highest BCUT2D eigenvalue weighted by molar-refractivity contribution is 7.99. The van der Waals surface area contributed by atoms with E-state index in [4.69, 9.17) is 9.56 Å². The number of primary sulfonamides is 1. The van der Waals surface area contributed by atoms with E-state index in [1.807, 2.05) is 31.2 Å². The molecule has 0 unspecified atom stereocenters. The lowest BCUT2D eigenvalue weighted by atomic mass is 10.2. The third kappa shape index (κ3) is 6.31. The van der Waals surface area contributed by atoms with Gasteiger partial charge in [-0.1, -0.05) is 17.7 Å². The zero-order valence-electron chi connectivity index (χ0n) is 16.2. The van der Waals surface area contributed by atoms with Crippen LogP contribution in [-0.4, -0.2) is 26.3 Å². The number of aryl methyl sites for hydroxylation is 1. The first kappa shape index (κ1) is 21.8. The Bertz CT molecular complexity index is 1140. The van der Waals surface area contributed by atoms with Gasteiger partial charge in [-0.25, -0.2) is 19.0 Å². The fraction of sp³-hybridized carbons (Fsp3) is 0.143. The molecule has 1 heterocycles. The summed E-state index contributed by atoms with van der Waals surface area (Å²) in [4.78, 5) is 13.0. The van der Waals surface area contributed by atoms with E-state index >= 15 is 0 Å². The summed E-state index contributed by atoms with van der Waals surface area (Å²) in [6.45, 7) is 2.03. The van der Waals surface area contributed by atoms with Gasteiger partial charge in [0.15, 0.2) is 0 Å². The highest BCUT2D eigenvalue weighted by atomic mass is 32.2. The van der Waals surface area contributed by atoms with Gasteiger partial charge in [0.2, 0.25) is 15.9 Å². The first-order valence-corrected chi connectivity index (χ1v) is 11.6. The van der Waals surface area contributed by atoms with Crippen LogP contribution in [0, 0.1) is 6.92 Å². The zero-order valence-corrected chi connectivity index (χ0v) is 17.9. The highest BCUT2D eigenvalue weighted by Gasteiger charge is 2.09. The Balaban J connectivity index is 1.48. The van der Waals surface area contributed by atoms with E-state index in [-0.39, 0.29) is 10.8 Å². The molecule has 3 aromatic rings. The quantitative estimate of drug-likeness (QED) is 0.314. The van der Waals surface area contributed by atoms with Crippen LogP contribution in [0.3, 0.4) is 0 Å². The molecular weight excluding hydrogens is 422 g/mol. The maximum atomic E-state index is 11.9. The molecule has 1 aromatic heterocycles. The first-order chi connectivity index (χ1) is 14.3. The molecule has 0 fully saturated rings. The second kappa shape index (κ2) is 9.75. The summed E-state index contributed by atoms with van der Waals surface area (Å²) in [5, 5.41) is 9.00. The lowest BCUT2D eigenvalue weighted by Gasteiger charge is -2.02. The molecule has 1 amide bonds. The number of amides is 1. The summed E-state index contributed by atoms with van der Waals surface area (Å²) in [6.07, 6.45) is 1.75. The van der Waals surface area contributed by atoms with Gasteiger partial charge in [-0.15, -0.1) is 11.8 Å². The van der Waals surface area contributed by atoms with Crippen molar-refractivity contribution < 1.29 is 17.6 Å². The van der Waals surface area contributed by atoms with Crippen LogP contribution in [0.2, 0.25) is 0 Å². The predicted molar refractivity (Wildman–Crippen MR) is 118 cm³/mol. The van der Waals surface area contributed by atoms with E-state index in [0.29, 0.717) is 29.3 Å². The third-order valence-electron chi connectivity index (χ3n) is 4.09. The largest absolute Gasteiger partial charge is 0.455 e. The number of hydrogen-bond donors (Lipinski definition) is 2. The molecule has 9 heteroatoms. The van der Waals surface area contributed by atoms with Crippen molar-refractivity contribution in [3.8, 4) is 11.3 Å². The Kier molecular flexibility index (Phi) is 7.09. The Hall–Kier alpha value is -2.88. The lowest BCUT2D eigenvalue weighted by molar-refractivity contribution is -0.120. The minimum atomic E-state index is -3.73. The van der Waals surface area contributed by atoms with Crippen LogP contribution in [0.15, 0.2) is 80.0 Å². The van der Waals surface area contributed by atoms with Crippen LogP contribution in [0.4, 0.5) is 0 Å². The van der Waals surface area contributed by atoms with Crippen molar-refractivity contribution in [3.05, 3.63) is 72.0 Å². The number of furan rings is 1. The molecule has 0 saturated carbocycles. The molecule has 0 spiro atoms. The Labute approximate surface area is 179 Å². The van der Waals surface area contributed by atoms with Crippen molar-refractivity contribution in [2.75, 3.05) is 5.75 Å². The number of hydrazone groups is 1. The van der Waals surface area contributed by atoms with Gasteiger partial charge in [-0.2, -0.15) is 5.10 Å². The molecule has 0 saturated heterocycles. The zero-order chi connectivity index (χ0) is 21.6. The second-order valence-electron chi connectivity index (χ2n) is 6.48. The molecule has 7 nitrogen and oxygen atoms in total. The average molecular weight is 444 g/mol. The molecule has 3 rings (SSSR count). The molecule has 0 aliphatic carbocycles.